The molecule has 28 heavy (non-hydrogen) atoms. The van der Waals surface area contributed by atoms with E-state index in [0.717, 1.165) is 36.2 Å². The van der Waals surface area contributed by atoms with Crippen LogP contribution >= 0.6 is 24.0 Å². The van der Waals surface area contributed by atoms with Gasteiger partial charge >= 0.3 is 0 Å². The van der Waals surface area contributed by atoms with Gasteiger partial charge < -0.3 is 24.8 Å². The first-order chi connectivity index (χ1) is 13.1. The minimum Gasteiger partial charge on any atom is -0.491 e. The molecule has 0 radical (unpaired) electrons. The Morgan fingerprint density at radius 3 is 2.46 bits per heavy atom. The molecule has 1 aliphatic rings. The van der Waals surface area contributed by atoms with Gasteiger partial charge in [-0.3, -0.25) is 4.99 Å². The van der Waals surface area contributed by atoms with Gasteiger partial charge in [-0.1, -0.05) is 18.2 Å². The molecule has 2 aromatic carbocycles. The monoisotopic (exact) mass is 497 g/mol. The Bertz CT molecular complexity index is 779. The molecule has 1 heterocycles. The van der Waals surface area contributed by atoms with Crippen molar-refractivity contribution in [1.29, 1.82) is 0 Å². The van der Waals surface area contributed by atoms with E-state index in [0.29, 0.717) is 13.3 Å². The minimum absolute atomic E-state index is 0. The number of nitrogens with zero attached hydrogens (tertiary/aromatic N) is 1. The number of halogens is 1. The lowest BCUT2D eigenvalue weighted by molar-refractivity contribution is 0.174. The average molecular weight is 497 g/mol. The maximum Gasteiger partial charge on any atom is 0.231 e. The number of hydrogen-bond acceptors (Lipinski definition) is 4. The third-order valence-corrected chi connectivity index (χ3v) is 4.12. The van der Waals surface area contributed by atoms with Crippen LogP contribution in [0.1, 0.15) is 25.0 Å². The molecule has 3 rings (SSSR count). The lowest BCUT2D eigenvalue weighted by atomic mass is 10.1. The fraction of sp³-hybridized carbons (Fsp3) is 0.381. The predicted molar refractivity (Wildman–Crippen MR) is 122 cm³/mol. The van der Waals surface area contributed by atoms with Gasteiger partial charge in [-0.25, -0.2) is 0 Å². The number of rotatable bonds is 7. The quantitative estimate of drug-likeness (QED) is 0.347. The van der Waals surface area contributed by atoms with Crippen LogP contribution < -0.4 is 24.8 Å². The van der Waals surface area contributed by atoms with Crippen molar-refractivity contribution in [2.75, 3.05) is 20.4 Å². The van der Waals surface area contributed by atoms with Crippen LogP contribution in [-0.2, 0) is 13.0 Å². The molecule has 1 aliphatic heterocycles. The Kier molecular flexibility index (Phi) is 8.69. The zero-order valence-electron chi connectivity index (χ0n) is 16.5. The Hall–Kier alpha value is -2.16. The van der Waals surface area contributed by atoms with E-state index in [2.05, 4.69) is 33.8 Å². The number of ether oxygens (including phenoxy) is 3. The predicted octanol–water partition coefficient (Wildman–Crippen LogP) is 3.73. The molecule has 0 spiro atoms. The average Bonchev–Trinajstić information content (AvgIpc) is 3.13. The third kappa shape index (κ3) is 6.47. The molecule has 152 valence electrons. The van der Waals surface area contributed by atoms with Gasteiger partial charge in [0, 0.05) is 20.1 Å². The van der Waals surface area contributed by atoms with Crippen LogP contribution in [0.2, 0.25) is 0 Å². The van der Waals surface area contributed by atoms with Crippen LogP contribution in [0.3, 0.4) is 0 Å². The first-order valence-corrected chi connectivity index (χ1v) is 9.22. The zero-order valence-corrected chi connectivity index (χ0v) is 18.9. The van der Waals surface area contributed by atoms with Gasteiger partial charge in [0.15, 0.2) is 17.5 Å². The molecule has 7 heteroatoms. The van der Waals surface area contributed by atoms with Gasteiger partial charge in [-0.2, -0.15) is 0 Å². The molecule has 2 aromatic rings. The lowest BCUT2D eigenvalue weighted by Crippen LogP contribution is -2.37. The van der Waals surface area contributed by atoms with E-state index in [1.165, 1.54) is 11.1 Å². The van der Waals surface area contributed by atoms with Crippen molar-refractivity contribution >= 4 is 29.9 Å². The summed E-state index contributed by atoms with van der Waals surface area (Å²) in [4.78, 5) is 4.27. The minimum atomic E-state index is 0. The molecule has 0 aliphatic carbocycles. The van der Waals surface area contributed by atoms with Crippen LogP contribution in [0, 0.1) is 0 Å². The number of hydrogen-bond donors (Lipinski definition) is 2. The Morgan fingerprint density at radius 2 is 1.75 bits per heavy atom. The maximum absolute atomic E-state index is 5.67. The molecule has 0 amide bonds. The number of guanidine groups is 1. The fourth-order valence-electron chi connectivity index (χ4n) is 2.79. The number of fused-ring (bicyclic) bond motifs is 1. The van der Waals surface area contributed by atoms with Crippen LogP contribution in [-0.4, -0.2) is 32.4 Å². The topological polar surface area (TPSA) is 64.1 Å². The van der Waals surface area contributed by atoms with Crippen molar-refractivity contribution in [1.82, 2.24) is 10.6 Å². The van der Waals surface area contributed by atoms with E-state index in [9.17, 15) is 0 Å². The maximum atomic E-state index is 5.67. The highest BCUT2D eigenvalue weighted by Gasteiger charge is 2.12. The highest BCUT2D eigenvalue weighted by molar-refractivity contribution is 14.0. The second-order valence-corrected chi connectivity index (χ2v) is 6.60. The molecule has 0 fully saturated rings. The summed E-state index contributed by atoms with van der Waals surface area (Å²) in [6.45, 7) is 5.83. The highest BCUT2D eigenvalue weighted by Crippen LogP contribution is 2.32. The molecule has 0 saturated heterocycles. The number of nitrogens with one attached hydrogen (secondary N) is 2. The molecular weight excluding hydrogens is 469 g/mol. The highest BCUT2D eigenvalue weighted by atomic mass is 127. The van der Waals surface area contributed by atoms with Crippen molar-refractivity contribution in [3.8, 4) is 17.2 Å². The van der Waals surface area contributed by atoms with Gasteiger partial charge in [0.2, 0.25) is 6.79 Å². The van der Waals surface area contributed by atoms with Crippen molar-refractivity contribution in [2.45, 2.75) is 32.9 Å². The molecule has 6 nitrogen and oxygen atoms in total. The zero-order chi connectivity index (χ0) is 19.1. The summed E-state index contributed by atoms with van der Waals surface area (Å²) in [6, 6.07) is 14.2. The first-order valence-electron chi connectivity index (χ1n) is 9.22. The summed E-state index contributed by atoms with van der Waals surface area (Å²) < 4.78 is 16.4. The van der Waals surface area contributed by atoms with Crippen molar-refractivity contribution in [3.05, 3.63) is 53.6 Å². The van der Waals surface area contributed by atoms with Gasteiger partial charge in [0.25, 0.3) is 0 Å². The van der Waals surface area contributed by atoms with Crippen LogP contribution in [0.4, 0.5) is 0 Å². The van der Waals surface area contributed by atoms with Crippen molar-refractivity contribution in [2.24, 2.45) is 4.99 Å². The smallest absolute Gasteiger partial charge is 0.231 e. The summed E-state index contributed by atoms with van der Waals surface area (Å²) >= 11 is 0. The molecule has 0 bridgehead atoms. The third-order valence-electron chi connectivity index (χ3n) is 4.12. The SMILES string of the molecule is CN=C(NCCc1ccc2c(c1)OCO2)NCc1ccc(OC(C)C)cc1.I. The van der Waals surface area contributed by atoms with E-state index in [1.807, 2.05) is 38.1 Å². The second kappa shape index (κ2) is 11.0. The largest absolute Gasteiger partial charge is 0.491 e. The van der Waals surface area contributed by atoms with Gasteiger partial charge in [-0.15, -0.1) is 24.0 Å². The Morgan fingerprint density at radius 1 is 1.04 bits per heavy atom. The van der Waals surface area contributed by atoms with E-state index in [-0.39, 0.29) is 30.1 Å². The standard InChI is InChI=1S/C21H27N3O3.HI/c1-15(2)27-18-7-4-17(5-8-18)13-24-21(22-3)23-11-10-16-6-9-19-20(12-16)26-14-25-19;/h4-9,12,15H,10-11,13-14H2,1-3H3,(H2,22,23,24);1H. The summed E-state index contributed by atoms with van der Waals surface area (Å²) in [6.07, 6.45) is 1.06. The van der Waals surface area contributed by atoms with Crippen molar-refractivity contribution in [3.63, 3.8) is 0 Å². The molecule has 2 N–H and O–H groups in total. The summed E-state index contributed by atoms with van der Waals surface area (Å²) in [5.41, 5.74) is 2.37. The fourth-order valence-corrected chi connectivity index (χ4v) is 2.79. The summed E-state index contributed by atoms with van der Waals surface area (Å²) in [5.74, 6) is 3.30. The summed E-state index contributed by atoms with van der Waals surface area (Å²) in [7, 11) is 1.77. The van der Waals surface area contributed by atoms with Gasteiger partial charge in [0.1, 0.15) is 5.75 Å². The normalized spacial score (nSPS) is 12.5. The Labute approximate surface area is 183 Å². The molecule has 0 aromatic heterocycles. The number of aliphatic imine (C=N–C) groups is 1. The van der Waals surface area contributed by atoms with E-state index in [4.69, 9.17) is 14.2 Å². The summed E-state index contributed by atoms with van der Waals surface area (Å²) in [5, 5.41) is 6.66. The molecule has 0 saturated carbocycles. The molecule has 0 unspecified atom stereocenters. The second-order valence-electron chi connectivity index (χ2n) is 6.60. The van der Waals surface area contributed by atoms with Gasteiger partial charge in [0.05, 0.1) is 6.10 Å². The van der Waals surface area contributed by atoms with E-state index >= 15 is 0 Å². The molecule has 0 atom stereocenters. The first kappa shape index (κ1) is 22.1. The van der Waals surface area contributed by atoms with Crippen molar-refractivity contribution < 1.29 is 14.2 Å². The van der Waals surface area contributed by atoms with Gasteiger partial charge in [-0.05, 0) is 55.7 Å². The Balaban J connectivity index is 0.00000280. The number of benzene rings is 2. The van der Waals surface area contributed by atoms with Crippen LogP contribution in [0.25, 0.3) is 0 Å². The van der Waals surface area contributed by atoms with Crippen LogP contribution in [0.15, 0.2) is 47.5 Å². The van der Waals surface area contributed by atoms with E-state index < -0.39 is 0 Å². The molecular formula is C21H28IN3O3. The van der Waals surface area contributed by atoms with E-state index in [1.54, 1.807) is 7.05 Å². The van der Waals surface area contributed by atoms with Crippen LogP contribution in [0.5, 0.6) is 17.2 Å². The lowest BCUT2D eigenvalue weighted by Gasteiger charge is -2.13.